The Balaban J connectivity index is 1.52. The monoisotopic (exact) mass is 299 g/mol. The number of rotatable bonds is 5. The normalized spacial score (nSPS) is 16.5. The highest BCUT2D eigenvalue weighted by Gasteiger charge is 2.18. The number of hydrogen-bond acceptors (Lipinski definition) is 4. The maximum absolute atomic E-state index is 5.22. The molecular weight excluding hydrogens is 274 g/mol. The summed E-state index contributed by atoms with van der Waals surface area (Å²) >= 11 is 0. The third-order valence-corrected chi connectivity index (χ3v) is 4.55. The molecule has 22 heavy (non-hydrogen) atoms. The van der Waals surface area contributed by atoms with Crippen molar-refractivity contribution >= 4 is 0 Å². The van der Waals surface area contributed by atoms with Gasteiger partial charge in [0, 0.05) is 37.8 Å². The highest BCUT2D eigenvalue weighted by Crippen LogP contribution is 2.18. The summed E-state index contributed by atoms with van der Waals surface area (Å²) < 4.78 is 5.22. The molecule has 2 heterocycles. The van der Waals surface area contributed by atoms with Gasteiger partial charge in [-0.3, -0.25) is 4.90 Å². The smallest absolute Gasteiger partial charge is 0.138 e. The molecular formula is C18H25N3O. The first-order chi connectivity index (χ1) is 10.6. The summed E-state index contributed by atoms with van der Waals surface area (Å²) in [6, 6.07) is 9.23. The van der Waals surface area contributed by atoms with Crippen LogP contribution < -0.4 is 5.32 Å². The van der Waals surface area contributed by atoms with Crippen molar-refractivity contribution in [3.05, 3.63) is 52.4 Å². The van der Waals surface area contributed by atoms with Gasteiger partial charge in [-0.05, 0) is 38.3 Å². The number of aryl methyl sites for hydroxylation is 2. The third-order valence-electron chi connectivity index (χ3n) is 4.55. The Morgan fingerprint density at radius 1 is 1.27 bits per heavy atom. The van der Waals surface area contributed by atoms with E-state index in [2.05, 4.69) is 46.6 Å². The summed E-state index contributed by atoms with van der Waals surface area (Å²) in [4.78, 5) is 2.54. The van der Waals surface area contributed by atoms with Crippen molar-refractivity contribution in [2.75, 3.05) is 13.1 Å². The van der Waals surface area contributed by atoms with Crippen LogP contribution in [0.15, 0.2) is 28.8 Å². The van der Waals surface area contributed by atoms with Crippen LogP contribution >= 0.6 is 0 Å². The zero-order valence-corrected chi connectivity index (χ0v) is 13.7. The second-order valence-corrected chi connectivity index (χ2v) is 6.34. The van der Waals surface area contributed by atoms with Crippen molar-refractivity contribution < 1.29 is 4.52 Å². The molecule has 0 fully saturated rings. The average Bonchev–Trinajstić information content (AvgIpc) is 2.84. The van der Waals surface area contributed by atoms with Gasteiger partial charge in [0.1, 0.15) is 5.76 Å². The first-order valence-corrected chi connectivity index (χ1v) is 8.07. The van der Waals surface area contributed by atoms with Crippen LogP contribution in [0.5, 0.6) is 0 Å². The minimum atomic E-state index is 0.443. The first-order valence-electron chi connectivity index (χ1n) is 8.07. The number of hydrogen-bond donors (Lipinski definition) is 1. The summed E-state index contributed by atoms with van der Waals surface area (Å²) in [5.41, 5.74) is 5.17. The summed E-state index contributed by atoms with van der Waals surface area (Å²) in [6.07, 6.45) is 1.16. The summed E-state index contributed by atoms with van der Waals surface area (Å²) in [5.74, 6) is 0.920. The molecule has 1 N–H and O–H groups in total. The molecule has 118 valence electrons. The lowest BCUT2D eigenvalue weighted by Gasteiger charge is -2.31. The third kappa shape index (κ3) is 3.39. The molecule has 1 aliphatic rings. The van der Waals surface area contributed by atoms with Gasteiger partial charge in [-0.15, -0.1) is 0 Å². The van der Waals surface area contributed by atoms with Crippen molar-refractivity contribution in [3.8, 4) is 0 Å². The number of nitrogens with zero attached hydrogens (tertiary/aromatic N) is 2. The average molecular weight is 299 g/mol. The largest absolute Gasteiger partial charge is 0.361 e. The van der Waals surface area contributed by atoms with E-state index in [1.54, 1.807) is 0 Å². The van der Waals surface area contributed by atoms with Crippen molar-refractivity contribution in [1.29, 1.82) is 0 Å². The van der Waals surface area contributed by atoms with E-state index < -0.39 is 0 Å². The fraction of sp³-hybridized carbons (Fsp3) is 0.500. The van der Waals surface area contributed by atoms with Gasteiger partial charge in [0.2, 0.25) is 0 Å². The molecule has 0 bridgehead atoms. The molecule has 0 saturated heterocycles. The Morgan fingerprint density at radius 2 is 2.05 bits per heavy atom. The molecule has 1 aromatic carbocycles. The van der Waals surface area contributed by atoms with Crippen LogP contribution in [0.25, 0.3) is 0 Å². The van der Waals surface area contributed by atoms with Gasteiger partial charge in [0.15, 0.2) is 0 Å². The molecule has 0 radical (unpaired) electrons. The van der Waals surface area contributed by atoms with E-state index in [1.165, 1.54) is 16.7 Å². The highest BCUT2D eigenvalue weighted by molar-refractivity contribution is 5.29. The standard InChI is InChI=1S/C18H25N3O/c1-13(19-10-18-14(2)20-22-15(18)3)11-21-9-8-16-6-4-5-7-17(16)12-21/h4-7,13,19H,8-12H2,1-3H3/t13-/m1/s1. The molecule has 1 aromatic heterocycles. The number of aromatic nitrogens is 1. The van der Waals surface area contributed by atoms with Gasteiger partial charge >= 0.3 is 0 Å². The van der Waals surface area contributed by atoms with E-state index in [4.69, 9.17) is 4.52 Å². The predicted molar refractivity (Wildman–Crippen MR) is 87.7 cm³/mol. The van der Waals surface area contributed by atoms with E-state index in [9.17, 15) is 0 Å². The molecule has 0 spiro atoms. The van der Waals surface area contributed by atoms with Crippen LogP contribution in [0, 0.1) is 13.8 Å². The molecule has 4 heteroatoms. The Morgan fingerprint density at radius 3 is 2.77 bits per heavy atom. The van der Waals surface area contributed by atoms with Gasteiger partial charge in [-0.2, -0.15) is 0 Å². The van der Waals surface area contributed by atoms with Gasteiger partial charge in [0.05, 0.1) is 5.69 Å². The zero-order valence-electron chi connectivity index (χ0n) is 13.7. The van der Waals surface area contributed by atoms with Crippen molar-refractivity contribution in [1.82, 2.24) is 15.4 Å². The van der Waals surface area contributed by atoms with Crippen LogP contribution in [0.2, 0.25) is 0 Å². The van der Waals surface area contributed by atoms with E-state index in [-0.39, 0.29) is 0 Å². The molecule has 0 aliphatic carbocycles. The first kappa shape index (κ1) is 15.3. The minimum absolute atomic E-state index is 0.443. The minimum Gasteiger partial charge on any atom is -0.361 e. The number of nitrogens with one attached hydrogen (secondary N) is 1. The summed E-state index contributed by atoms with van der Waals surface area (Å²) in [7, 11) is 0. The molecule has 3 rings (SSSR count). The zero-order chi connectivity index (χ0) is 15.5. The lowest BCUT2D eigenvalue weighted by Crippen LogP contribution is -2.41. The van der Waals surface area contributed by atoms with Gasteiger partial charge < -0.3 is 9.84 Å². The number of fused-ring (bicyclic) bond motifs is 1. The van der Waals surface area contributed by atoms with E-state index >= 15 is 0 Å². The van der Waals surface area contributed by atoms with E-state index in [0.29, 0.717) is 6.04 Å². The summed E-state index contributed by atoms with van der Waals surface area (Å²) in [5, 5.41) is 7.61. The molecule has 0 unspecified atom stereocenters. The Bertz CT molecular complexity index is 616. The fourth-order valence-electron chi connectivity index (χ4n) is 3.19. The van der Waals surface area contributed by atoms with Gasteiger partial charge in [0.25, 0.3) is 0 Å². The van der Waals surface area contributed by atoms with Crippen molar-refractivity contribution in [2.45, 2.75) is 46.3 Å². The Labute approximate surface area is 132 Å². The number of benzene rings is 1. The predicted octanol–water partition coefficient (Wildman–Crippen LogP) is 2.83. The van der Waals surface area contributed by atoms with Gasteiger partial charge in [-0.1, -0.05) is 29.4 Å². The molecule has 1 aliphatic heterocycles. The van der Waals surface area contributed by atoms with Crippen LogP contribution in [-0.2, 0) is 19.5 Å². The lowest BCUT2D eigenvalue weighted by atomic mass is 9.99. The van der Waals surface area contributed by atoms with Crippen LogP contribution in [0.3, 0.4) is 0 Å². The highest BCUT2D eigenvalue weighted by atomic mass is 16.5. The topological polar surface area (TPSA) is 41.3 Å². The second kappa shape index (κ2) is 6.63. The van der Waals surface area contributed by atoms with Crippen molar-refractivity contribution in [2.24, 2.45) is 0 Å². The molecule has 0 saturated carbocycles. The Kier molecular flexibility index (Phi) is 4.60. The van der Waals surface area contributed by atoms with Crippen LogP contribution in [0.1, 0.15) is 35.1 Å². The van der Waals surface area contributed by atoms with E-state index in [1.807, 2.05) is 13.8 Å². The van der Waals surface area contributed by atoms with Crippen molar-refractivity contribution in [3.63, 3.8) is 0 Å². The fourth-order valence-corrected chi connectivity index (χ4v) is 3.19. The maximum Gasteiger partial charge on any atom is 0.138 e. The summed E-state index contributed by atoms with van der Waals surface area (Å²) in [6.45, 7) is 10.3. The SMILES string of the molecule is Cc1noc(C)c1CN[C@H](C)CN1CCc2ccccc2C1. The molecule has 4 nitrogen and oxygen atoms in total. The van der Waals surface area contributed by atoms with Crippen LogP contribution in [0.4, 0.5) is 0 Å². The lowest BCUT2D eigenvalue weighted by molar-refractivity contribution is 0.229. The Hall–Kier alpha value is -1.65. The quantitative estimate of drug-likeness (QED) is 0.922. The maximum atomic E-state index is 5.22. The molecule has 2 aromatic rings. The van der Waals surface area contributed by atoms with Gasteiger partial charge in [-0.25, -0.2) is 0 Å². The van der Waals surface area contributed by atoms with E-state index in [0.717, 1.165) is 44.1 Å². The molecule has 1 atom stereocenters. The second-order valence-electron chi connectivity index (χ2n) is 6.34. The van der Waals surface area contributed by atoms with Crippen LogP contribution in [-0.4, -0.2) is 29.2 Å². The molecule has 0 amide bonds.